The normalized spacial score (nSPS) is 24.7. The molecule has 6 rings (SSSR count). The monoisotopic (exact) mass is 814 g/mol. The summed E-state index contributed by atoms with van der Waals surface area (Å²) in [6, 6.07) is 22.4. The molecule has 2 heterocycles. The van der Waals surface area contributed by atoms with E-state index in [4.69, 9.17) is 70.1 Å². The molecule has 0 bridgehead atoms. The fourth-order valence-corrected chi connectivity index (χ4v) is 7.78. The van der Waals surface area contributed by atoms with E-state index < -0.39 is 11.6 Å². The molecule has 236 valence electrons. The summed E-state index contributed by atoms with van der Waals surface area (Å²) in [5, 5.41) is 2.98. The van der Waals surface area contributed by atoms with Crippen LogP contribution in [0.15, 0.2) is 72.8 Å². The summed E-state index contributed by atoms with van der Waals surface area (Å²) in [6.07, 6.45) is -0.103. The standard InChI is InChI=1S/C34H28Br2Cl4O5/c1-19-15-41-33(17-35,44-19)27-7-3-21(11-29(27)39)25-13-23(37)5-9-31(25)43-32-10-6-24(38)14-26(32)22-4-8-28(30(40)12-22)34(18-36)42-16-20(2)45-34/h3-14,19-20H,15-18H2,1-2H3. The van der Waals surface area contributed by atoms with E-state index in [0.29, 0.717) is 55.5 Å². The van der Waals surface area contributed by atoms with Crippen LogP contribution in [0.5, 0.6) is 11.5 Å². The Hall–Kier alpha value is -1.36. The molecule has 4 aromatic carbocycles. The molecule has 0 spiro atoms. The van der Waals surface area contributed by atoms with Gasteiger partial charge in [-0.05, 0) is 73.5 Å². The average molecular weight is 818 g/mol. The van der Waals surface area contributed by atoms with E-state index in [0.717, 1.165) is 33.4 Å². The molecule has 4 atom stereocenters. The van der Waals surface area contributed by atoms with Crippen LogP contribution in [0.2, 0.25) is 20.1 Å². The molecule has 0 saturated carbocycles. The lowest BCUT2D eigenvalue weighted by Crippen LogP contribution is -2.30. The van der Waals surface area contributed by atoms with E-state index in [9.17, 15) is 0 Å². The lowest BCUT2D eigenvalue weighted by molar-refractivity contribution is -0.154. The minimum atomic E-state index is -0.958. The van der Waals surface area contributed by atoms with Crippen molar-refractivity contribution in [3.63, 3.8) is 0 Å². The SMILES string of the molecule is CC1COC(CBr)(c2ccc(-c3cc(Cl)ccc3Oc3ccc(Cl)cc3-c3ccc(C4(CBr)OCC(C)O4)c(Cl)c3)cc2Cl)O1. The summed E-state index contributed by atoms with van der Waals surface area (Å²) in [4.78, 5) is 0. The molecule has 0 aromatic heterocycles. The van der Waals surface area contributed by atoms with Gasteiger partial charge in [0.15, 0.2) is 0 Å². The number of halogens is 6. The summed E-state index contributed by atoms with van der Waals surface area (Å²) < 4.78 is 30.9. The zero-order valence-corrected chi connectivity index (χ0v) is 30.4. The van der Waals surface area contributed by atoms with Crippen molar-refractivity contribution < 1.29 is 23.7 Å². The van der Waals surface area contributed by atoms with E-state index in [-0.39, 0.29) is 12.2 Å². The van der Waals surface area contributed by atoms with Crippen molar-refractivity contribution in [3.05, 3.63) is 104 Å². The first kappa shape index (κ1) is 33.5. The van der Waals surface area contributed by atoms with Crippen molar-refractivity contribution in [2.45, 2.75) is 37.6 Å². The molecule has 0 radical (unpaired) electrons. The van der Waals surface area contributed by atoms with Crippen molar-refractivity contribution in [3.8, 4) is 33.8 Å². The second-order valence-corrected chi connectivity index (χ2v) is 13.8. The van der Waals surface area contributed by atoms with Crippen LogP contribution >= 0.6 is 78.3 Å². The first-order valence-electron chi connectivity index (χ1n) is 14.2. The van der Waals surface area contributed by atoms with Crippen molar-refractivity contribution in [1.82, 2.24) is 0 Å². The largest absolute Gasteiger partial charge is 0.456 e. The van der Waals surface area contributed by atoms with Gasteiger partial charge in [-0.2, -0.15) is 0 Å². The smallest absolute Gasteiger partial charge is 0.206 e. The molecule has 0 amide bonds. The lowest BCUT2D eigenvalue weighted by atomic mass is 9.99. The molecule has 0 N–H and O–H groups in total. The molecule has 5 nitrogen and oxygen atoms in total. The molecule has 2 aliphatic rings. The van der Waals surface area contributed by atoms with E-state index in [1.54, 1.807) is 12.1 Å². The predicted molar refractivity (Wildman–Crippen MR) is 188 cm³/mol. The highest BCUT2D eigenvalue weighted by molar-refractivity contribution is 9.09. The van der Waals surface area contributed by atoms with Crippen LogP contribution in [0.1, 0.15) is 25.0 Å². The van der Waals surface area contributed by atoms with E-state index in [2.05, 4.69) is 31.9 Å². The minimum Gasteiger partial charge on any atom is -0.456 e. The molecule has 2 fully saturated rings. The van der Waals surface area contributed by atoms with Gasteiger partial charge in [0.25, 0.3) is 0 Å². The minimum absolute atomic E-state index is 0.0514. The summed E-state index contributed by atoms with van der Waals surface area (Å²) in [5.41, 5.74) is 4.61. The van der Waals surface area contributed by atoms with Crippen LogP contribution in [0.3, 0.4) is 0 Å². The van der Waals surface area contributed by atoms with Gasteiger partial charge < -0.3 is 23.7 Å². The second kappa shape index (κ2) is 13.6. The van der Waals surface area contributed by atoms with Gasteiger partial charge >= 0.3 is 0 Å². The Labute approximate surface area is 299 Å². The van der Waals surface area contributed by atoms with Gasteiger partial charge in [0.2, 0.25) is 11.6 Å². The molecular formula is C34H28Br2Cl4O5. The van der Waals surface area contributed by atoms with Gasteiger partial charge in [0.1, 0.15) is 11.5 Å². The zero-order chi connectivity index (χ0) is 31.9. The Balaban J connectivity index is 1.36. The van der Waals surface area contributed by atoms with Crippen LogP contribution in [0.4, 0.5) is 0 Å². The maximum absolute atomic E-state index is 6.85. The van der Waals surface area contributed by atoms with Gasteiger partial charge in [0.05, 0.1) is 36.1 Å². The zero-order valence-electron chi connectivity index (χ0n) is 24.2. The van der Waals surface area contributed by atoms with Crippen LogP contribution < -0.4 is 4.74 Å². The van der Waals surface area contributed by atoms with Crippen LogP contribution in [-0.4, -0.2) is 36.1 Å². The van der Waals surface area contributed by atoms with Crippen LogP contribution in [0, 0.1) is 0 Å². The van der Waals surface area contributed by atoms with Crippen LogP contribution in [-0.2, 0) is 30.5 Å². The number of rotatable bonds is 8. The highest BCUT2D eigenvalue weighted by Gasteiger charge is 2.43. The number of benzene rings is 4. The highest BCUT2D eigenvalue weighted by Crippen LogP contribution is 2.46. The highest BCUT2D eigenvalue weighted by atomic mass is 79.9. The Kier molecular flexibility index (Phi) is 10.2. The first-order valence-corrected chi connectivity index (χ1v) is 17.9. The third-order valence-corrected chi connectivity index (χ3v) is 10.3. The molecule has 4 aromatic rings. The first-order chi connectivity index (χ1) is 21.6. The molecule has 2 aliphatic heterocycles. The number of hydrogen-bond acceptors (Lipinski definition) is 5. The summed E-state index contributed by atoms with van der Waals surface area (Å²) in [6.45, 7) is 4.89. The van der Waals surface area contributed by atoms with Gasteiger partial charge in [0, 0.05) is 42.3 Å². The molecule has 2 saturated heterocycles. The van der Waals surface area contributed by atoms with E-state index >= 15 is 0 Å². The summed E-state index contributed by atoms with van der Waals surface area (Å²) in [7, 11) is 0. The number of alkyl halides is 2. The number of hydrogen-bond donors (Lipinski definition) is 0. The Morgan fingerprint density at radius 3 is 1.40 bits per heavy atom. The molecule has 45 heavy (non-hydrogen) atoms. The lowest BCUT2D eigenvalue weighted by Gasteiger charge is -2.27. The third kappa shape index (κ3) is 6.68. The number of ether oxygens (including phenoxy) is 5. The van der Waals surface area contributed by atoms with Crippen molar-refractivity contribution in [2.24, 2.45) is 0 Å². The van der Waals surface area contributed by atoms with Crippen molar-refractivity contribution >= 4 is 78.3 Å². The maximum Gasteiger partial charge on any atom is 0.206 e. The third-order valence-electron chi connectivity index (χ3n) is 7.72. The van der Waals surface area contributed by atoms with Gasteiger partial charge in [-0.1, -0.05) is 103 Å². The van der Waals surface area contributed by atoms with Gasteiger partial charge in [-0.3, -0.25) is 0 Å². The second-order valence-electron chi connectivity index (χ2n) is 11.0. The van der Waals surface area contributed by atoms with Crippen molar-refractivity contribution in [1.29, 1.82) is 0 Å². The quantitative estimate of drug-likeness (QED) is 0.166. The van der Waals surface area contributed by atoms with Gasteiger partial charge in [-0.25, -0.2) is 0 Å². The Bertz CT molecular complexity index is 1610. The summed E-state index contributed by atoms with van der Waals surface area (Å²) in [5.74, 6) is -0.765. The molecular weight excluding hydrogens is 790 g/mol. The molecule has 0 aliphatic carbocycles. The molecule has 4 unspecified atom stereocenters. The Morgan fingerprint density at radius 1 is 0.644 bits per heavy atom. The average Bonchev–Trinajstić information content (AvgIpc) is 3.61. The molecule has 11 heteroatoms. The fraction of sp³-hybridized carbons (Fsp3) is 0.294. The Morgan fingerprint density at radius 2 is 1.07 bits per heavy atom. The summed E-state index contributed by atoms with van der Waals surface area (Å²) >= 11 is 33.7. The van der Waals surface area contributed by atoms with E-state index in [1.165, 1.54) is 0 Å². The van der Waals surface area contributed by atoms with E-state index in [1.807, 2.05) is 74.5 Å². The maximum atomic E-state index is 6.85. The predicted octanol–water partition coefficient (Wildman–Crippen LogP) is 11.4. The van der Waals surface area contributed by atoms with Gasteiger partial charge in [-0.15, -0.1) is 0 Å². The van der Waals surface area contributed by atoms with Crippen LogP contribution in [0.25, 0.3) is 22.3 Å². The fourth-order valence-electron chi connectivity index (χ4n) is 5.59. The topological polar surface area (TPSA) is 46.2 Å². The van der Waals surface area contributed by atoms with Crippen molar-refractivity contribution in [2.75, 3.05) is 23.9 Å².